The molecule has 0 bridgehead atoms. The number of rotatable bonds is 4. The Balaban J connectivity index is 2.06. The van der Waals surface area contributed by atoms with E-state index in [-0.39, 0.29) is 16.6 Å². The molecule has 7 heteroatoms. The van der Waals surface area contributed by atoms with Gasteiger partial charge in [0.1, 0.15) is 5.75 Å². The van der Waals surface area contributed by atoms with Crippen molar-refractivity contribution in [3.63, 3.8) is 0 Å². The fourth-order valence-corrected chi connectivity index (χ4v) is 2.28. The fraction of sp³-hybridized carbons (Fsp3) is 0.118. The summed E-state index contributed by atoms with van der Waals surface area (Å²) in [5.74, 6) is -0.750. The number of aromatic carboxylic acids is 1. The van der Waals surface area contributed by atoms with E-state index in [0.29, 0.717) is 22.6 Å². The van der Waals surface area contributed by atoms with Crippen molar-refractivity contribution >= 4 is 34.9 Å². The standard InChI is InChI=1S/C17H16N2O4S/c1-10-13(16(21)22)4-3-5-14(10)18-17(24)19-15(20)11-6-8-12(23-2)9-7-11/h3-9H,1-2H3,(H,21,22)(H2,18,19,20,24). The number of amides is 1. The van der Waals surface area contributed by atoms with Crippen molar-refractivity contribution in [2.45, 2.75) is 6.92 Å². The third-order valence-electron chi connectivity index (χ3n) is 3.39. The molecule has 0 unspecified atom stereocenters. The lowest BCUT2D eigenvalue weighted by Crippen LogP contribution is -2.34. The highest BCUT2D eigenvalue weighted by Gasteiger charge is 2.12. The molecule has 3 N–H and O–H groups in total. The Bertz CT molecular complexity index is 788. The summed E-state index contributed by atoms with van der Waals surface area (Å²) in [5.41, 5.74) is 1.65. The summed E-state index contributed by atoms with van der Waals surface area (Å²) in [7, 11) is 1.54. The van der Waals surface area contributed by atoms with Crippen LogP contribution in [0.15, 0.2) is 42.5 Å². The minimum atomic E-state index is -1.02. The molecule has 0 saturated heterocycles. The van der Waals surface area contributed by atoms with Gasteiger partial charge in [0.2, 0.25) is 0 Å². The zero-order valence-electron chi connectivity index (χ0n) is 13.1. The SMILES string of the molecule is COc1ccc(C(=O)NC(=S)Nc2cccc(C(=O)O)c2C)cc1. The minimum Gasteiger partial charge on any atom is -0.497 e. The monoisotopic (exact) mass is 344 g/mol. The molecule has 0 aliphatic heterocycles. The van der Waals surface area contributed by atoms with Gasteiger partial charge in [0, 0.05) is 11.3 Å². The molecule has 2 aromatic rings. The largest absolute Gasteiger partial charge is 0.497 e. The zero-order chi connectivity index (χ0) is 17.7. The van der Waals surface area contributed by atoms with E-state index in [1.807, 2.05) is 0 Å². The highest BCUT2D eigenvalue weighted by atomic mass is 32.1. The van der Waals surface area contributed by atoms with Gasteiger partial charge >= 0.3 is 5.97 Å². The lowest BCUT2D eigenvalue weighted by atomic mass is 10.1. The predicted molar refractivity (Wildman–Crippen MR) is 94.8 cm³/mol. The summed E-state index contributed by atoms with van der Waals surface area (Å²) in [6, 6.07) is 11.4. The van der Waals surface area contributed by atoms with E-state index in [2.05, 4.69) is 10.6 Å². The Kier molecular flexibility index (Phi) is 5.49. The van der Waals surface area contributed by atoms with Crippen molar-refractivity contribution < 1.29 is 19.4 Å². The van der Waals surface area contributed by atoms with Crippen LogP contribution < -0.4 is 15.4 Å². The van der Waals surface area contributed by atoms with Gasteiger partial charge in [-0.3, -0.25) is 10.1 Å². The molecule has 0 aromatic heterocycles. The van der Waals surface area contributed by atoms with E-state index < -0.39 is 5.97 Å². The van der Waals surface area contributed by atoms with Crippen molar-refractivity contribution in [1.29, 1.82) is 0 Å². The summed E-state index contributed by atoms with van der Waals surface area (Å²) < 4.78 is 5.03. The predicted octanol–water partition coefficient (Wildman–Crippen LogP) is 2.83. The normalized spacial score (nSPS) is 9.92. The Morgan fingerprint density at radius 3 is 2.38 bits per heavy atom. The quantitative estimate of drug-likeness (QED) is 0.739. The topological polar surface area (TPSA) is 87.7 Å². The maximum atomic E-state index is 12.1. The van der Waals surface area contributed by atoms with Crippen LogP contribution in [0.1, 0.15) is 26.3 Å². The van der Waals surface area contributed by atoms with Gasteiger partial charge in [-0.1, -0.05) is 6.07 Å². The van der Waals surface area contributed by atoms with Crippen LogP contribution >= 0.6 is 12.2 Å². The molecule has 0 heterocycles. The van der Waals surface area contributed by atoms with Crippen molar-refractivity contribution in [3.8, 4) is 5.75 Å². The van der Waals surface area contributed by atoms with Crippen LogP contribution in [0, 0.1) is 6.92 Å². The van der Waals surface area contributed by atoms with Gasteiger partial charge in [-0.25, -0.2) is 4.79 Å². The second-order valence-corrected chi connectivity index (χ2v) is 5.33. The highest BCUT2D eigenvalue weighted by Crippen LogP contribution is 2.19. The van der Waals surface area contributed by atoms with Gasteiger partial charge in [0.15, 0.2) is 5.11 Å². The van der Waals surface area contributed by atoms with Crippen LogP contribution in [0.5, 0.6) is 5.75 Å². The number of carboxylic acid groups (broad SMARTS) is 1. The van der Waals surface area contributed by atoms with Crippen LogP contribution in [-0.4, -0.2) is 29.2 Å². The molecule has 2 rings (SSSR count). The summed E-state index contributed by atoms with van der Waals surface area (Å²) in [6.07, 6.45) is 0. The number of thiocarbonyl (C=S) groups is 1. The molecule has 1 amide bonds. The molecular formula is C17H16N2O4S. The number of anilines is 1. The van der Waals surface area contributed by atoms with E-state index >= 15 is 0 Å². The molecule has 0 radical (unpaired) electrons. The second kappa shape index (κ2) is 7.56. The van der Waals surface area contributed by atoms with Crippen molar-refractivity contribution in [1.82, 2.24) is 5.32 Å². The molecule has 0 aliphatic rings. The molecular weight excluding hydrogens is 328 g/mol. The first-order valence-electron chi connectivity index (χ1n) is 7.01. The Hall–Kier alpha value is -2.93. The van der Waals surface area contributed by atoms with Gasteiger partial charge in [-0.05, 0) is 61.1 Å². The Morgan fingerprint density at radius 1 is 1.12 bits per heavy atom. The molecule has 0 spiro atoms. The number of hydrogen-bond acceptors (Lipinski definition) is 4. The van der Waals surface area contributed by atoms with Crippen LogP contribution in [0.25, 0.3) is 0 Å². The average molecular weight is 344 g/mol. The molecule has 0 fully saturated rings. The minimum absolute atomic E-state index is 0.0847. The van der Waals surface area contributed by atoms with Gasteiger partial charge in [0.25, 0.3) is 5.91 Å². The fourth-order valence-electron chi connectivity index (χ4n) is 2.07. The lowest BCUT2D eigenvalue weighted by molar-refractivity contribution is 0.0696. The lowest BCUT2D eigenvalue weighted by Gasteiger charge is -2.13. The van der Waals surface area contributed by atoms with Crippen molar-refractivity contribution in [2.24, 2.45) is 0 Å². The van der Waals surface area contributed by atoms with Crippen LogP contribution in [0.4, 0.5) is 5.69 Å². The third kappa shape index (κ3) is 4.08. The number of benzene rings is 2. The number of nitrogens with one attached hydrogen (secondary N) is 2. The van der Waals surface area contributed by atoms with E-state index in [1.165, 1.54) is 6.07 Å². The molecule has 0 saturated carbocycles. The Morgan fingerprint density at radius 2 is 1.79 bits per heavy atom. The van der Waals surface area contributed by atoms with Crippen LogP contribution in [0.2, 0.25) is 0 Å². The van der Waals surface area contributed by atoms with Crippen LogP contribution in [0.3, 0.4) is 0 Å². The molecule has 0 aliphatic carbocycles. The van der Waals surface area contributed by atoms with E-state index in [1.54, 1.807) is 50.4 Å². The summed E-state index contributed by atoms with van der Waals surface area (Å²) in [6.45, 7) is 1.67. The molecule has 124 valence electrons. The number of ether oxygens (including phenoxy) is 1. The second-order valence-electron chi connectivity index (χ2n) is 4.92. The van der Waals surface area contributed by atoms with Crippen molar-refractivity contribution in [2.75, 3.05) is 12.4 Å². The van der Waals surface area contributed by atoms with E-state index in [4.69, 9.17) is 22.1 Å². The van der Waals surface area contributed by atoms with E-state index in [0.717, 1.165) is 0 Å². The van der Waals surface area contributed by atoms with Crippen molar-refractivity contribution in [3.05, 3.63) is 59.2 Å². The number of carbonyl (C=O) groups is 2. The zero-order valence-corrected chi connectivity index (χ0v) is 13.9. The average Bonchev–Trinajstić information content (AvgIpc) is 2.56. The van der Waals surface area contributed by atoms with Crippen LogP contribution in [-0.2, 0) is 0 Å². The van der Waals surface area contributed by atoms with E-state index in [9.17, 15) is 9.59 Å². The Labute approximate surface area is 144 Å². The summed E-state index contributed by atoms with van der Waals surface area (Å²) in [4.78, 5) is 23.3. The molecule has 24 heavy (non-hydrogen) atoms. The first-order valence-corrected chi connectivity index (χ1v) is 7.42. The van der Waals surface area contributed by atoms with Gasteiger partial charge < -0.3 is 15.2 Å². The number of carbonyl (C=O) groups excluding carboxylic acids is 1. The summed E-state index contributed by atoms with van der Waals surface area (Å²) in [5, 5.41) is 14.6. The number of methoxy groups -OCH3 is 1. The smallest absolute Gasteiger partial charge is 0.336 e. The number of hydrogen-bond donors (Lipinski definition) is 3. The molecule has 0 atom stereocenters. The first-order chi connectivity index (χ1) is 11.4. The number of carboxylic acids is 1. The summed E-state index contributed by atoms with van der Waals surface area (Å²) >= 11 is 5.11. The highest BCUT2D eigenvalue weighted by molar-refractivity contribution is 7.80. The van der Waals surface area contributed by atoms with Gasteiger partial charge in [-0.15, -0.1) is 0 Å². The maximum Gasteiger partial charge on any atom is 0.336 e. The maximum absolute atomic E-state index is 12.1. The first kappa shape index (κ1) is 17.4. The van der Waals surface area contributed by atoms with Gasteiger partial charge in [-0.2, -0.15) is 0 Å². The third-order valence-corrected chi connectivity index (χ3v) is 3.60. The molecule has 2 aromatic carbocycles. The molecule has 6 nitrogen and oxygen atoms in total. The van der Waals surface area contributed by atoms with Gasteiger partial charge in [0.05, 0.1) is 12.7 Å².